The maximum Gasteiger partial charge on any atom is 0.224 e. The Morgan fingerprint density at radius 2 is 2.38 bits per heavy atom. The SMILES string of the molecule is Clc1nccc(-n2nc(I)c3c2SCC3)n1. The lowest BCUT2D eigenvalue weighted by molar-refractivity contribution is 0.766. The van der Waals surface area contributed by atoms with Crippen LogP contribution in [0.4, 0.5) is 0 Å². The Morgan fingerprint density at radius 1 is 1.50 bits per heavy atom. The van der Waals surface area contributed by atoms with Gasteiger partial charge >= 0.3 is 0 Å². The Labute approximate surface area is 115 Å². The predicted octanol–water partition coefficient (Wildman–Crippen LogP) is 2.57. The van der Waals surface area contributed by atoms with Gasteiger partial charge in [-0.15, -0.1) is 11.8 Å². The maximum absolute atomic E-state index is 5.78. The lowest BCUT2D eigenvalue weighted by Crippen LogP contribution is -2.01. The first kappa shape index (κ1) is 10.8. The van der Waals surface area contributed by atoms with Crippen molar-refractivity contribution in [1.29, 1.82) is 0 Å². The number of fused-ring (bicyclic) bond motifs is 1. The lowest BCUT2D eigenvalue weighted by Gasteiger charge is -2.02. The smallest absolute Gasteiger partial charge is 0.224 e. The molecule has 4 nitrogen and oxygen atoms in total. The quantitative estimate of drug-likeness (QED) is 0.576. The highest BCUT2D eigenvalue weighted by atomic mass is 127. The van der Waals surface area contributed by atoms with Gasteiger partial charge in [-0.3, -0.25) is 0 Å². The zero-order valence-electron chi connectivity index (χ0n) is 8.02. The molecule has 0 spiro atoms. The molecule has 0 fully saturated rings. The summed E-state index contributed by atoms with van der Waals surface area (Å²) in [7, 11) is 0. The Hall–Kier alpha value is -0.340. The van der Waals surface area contributed by atoms with Gasteiger partial charge in [-0.25, -0.2) is 9.67 Å². The molecular formula is C9H6ClIN4S. The van der Waals surface area contributed by atoms with Crippen LogP contribution < -0.4 is 0 Å². The van der Waals surface area contributed by atoms with Crippen LogP contribution in [0.2, 0.25) is 5.28 Å². The van der Waals surface area contributed by atoms with E-state index in [2.05, 4.69) is 37.7 Å². The Kier molecular flexibility index (Phi) is 2.80. The summed E-state index contributed by atoms with van der Waals surface area (Å²) in [6, 6.07) is 1.81. The van der Waals surface area contributed by atoms with Crippen molar-refractivity contribution in [2.75, 3.05) is 5.75 Å². The number of hydrogen-bond donors (Lipinski definition) is 0. The molecule has 2 aromatic heterocycles. The first-order valence-corrected chi connectivity index (χ1v) is 7.09. The van der Waals surface area contributed by atoms with Gasteiger partial charge in [-0.2, -0.15) is 10.1 Å². The molecule has 0 saturated heterocycles. The van der Waals surface area contributed by atoms with Crippen LogP contribution in [0.15, 0.2) is 17.3 Å². The molecule has 0 N–H and O–H groups in total. The van der Waals surface area contributed by atoms with Gasteiger partial charge < -0.3 is 0 Å². The Morgan fingerprint density at radius 3 is 3.19 bits per heavy atom. The second kappa shape index (κ2) is 4.15. The monoisotopic (exact) mass is 364 g/mol. The standard InChI is InChI=1S/C9H6ClIN4S/c10-9-12-3-1-6(13-9)15-8-5(2-4-16-8)7(11)14-15/h1,3H,2,4H2. The van der Waals surface area contributed by atoms with Gasteiger partial charge in [0.15, 0.2) is 5.82 Å². The molecular weight excluding hydrogens is 359 g/mol. The fourth-order valence-corrected chi connectivity index (χ4v) is 3.81. The van der Waals surface area contributed by atoms with Crippen molar-refractivity contribution in [3.05, 3.63) is 26.8 Å². The van der Waals surface area contributed by atoms with E-state index >= 15 is 0 Å². The normalized spacial score (nSPS) is 14.1. The second-order valence-electron chi connectivity index (χ2n) is 3.27. The number of aromatic nitrogens is 4. The van der Waals surface area contributed by atoms with Crippen molar-refractivity contribution in [1.82, 2.24) is 19.7 Å². The van der Waals surface area contributed by atoms with Gasteiger partial charge in [0.05, 0.1) is 0 Å². The molecule has 0 unspecified atom stereocenters. The van der Waals surface area contributed by atoms with Crippen molar-refractivity contribution in [2.45, 2.75) is 11.4 Å². The third-order valence-corrected chi connectivity index (χ3v) is 4.46. The highest BCUT2D eigenvalue weighted by Crippen LogP contribution is 2.35. The summed E-state index contributed by atoms with van der Waals surface area (Å²) < 4.78 is 2.90. The van der Waals surface area contributed by atoms with Crippen molar-refractivity contribution in [3.8, 4) is 5.82 Å². The van der Waals surface area contributed by atoms with E-state index in [0.717, 1.165) is 21.7 Å². The highest BCUT2D eigenvalue weighted by Gasteiger charge is 2.23. The molecule has 0 saturated carbocycles. The van der Waals surface area contributed by atoms with E-state index in [1.165, 1.54) is 10.6 Å². The Balaban J connectivity index is 2.17. The summed E-state index contributed by atoms with van der Waals surface area (Å²) in [5, 5.41) is 5.91. The minimum atomic E-state index is 0.250. The summed E-state index contributed by atoms with van der Waals surface area (Å²) >= 11 is 9.85. The summed E-state index contributed by atoms with van der Waals surface area (Å²) in [4.78, 5) is 8.04. The topological polar surface area (TPSA) is 43.6 Å². The van der Waals surface area contributed by atoms with Gasteiger partial charge in [0, 0.05) is 23.6 Å². The number of nitrogens with zero attached hydrogens (tertiary/aromatic N) is 4. The fourth-order valence-electron chi connectivity index (χ4n) is 1.62. The van der Waals surface area contributed by atoms with Gasteiger partial charge in [-0.05, 0) is 40.6 Å². The number of hydrogen-bond acceptors (Lipinski definition) is 4. The zero-order valence-corrected chi connectivity index (χ0v) is 11.8. The van der Waals surface area contributed by atoms with Crippen LogP contribution in [0.25, 0.3) is 5.82 Å². The molecule has 82 valence electrons. The summed E-state index contributed by atoms with van der Waals surface area (Å²) in [5.41, 5.74) is 1.32. The molecule has 0 amide bonds. The molecule has 1 aliphatic heterocycles. The maximum atomic E-state index is 5.78. The largest absolute Gasteiger partial charge is 0.226 e. The average Bonchev–Trinajstić information content (AvgIpc) is 2.83. The average molecular weight is 365 g/mol. The van der Waals surface area contributed by atoms with Crippen LogP contribution >= 0.6 is 46.0 Å². The van der Waals surface area contributed by atoms with E-state index in [0.29, 0.717) is 0 Å². The fraction of sp³-hybridized carbons (Fsp3) is 0.222. The third-order valence-electron chi connectivity index (χ3n) is 2.31. The molecule has 3 heterocycles. The van der Waals surface area contributed by atoms with Gasteiger partial charge in [0.25, 0.3) is 0 Å². The van der Waals surface area contributed by atoms with Gasteiger partial charge in [0.1, 0.15) is 8.73 Å². The predicted molar refractivity (Wildman–Crippen MR) is 71.3 cm³/mol. The third kappa shape index (κ3) is 1.72. The minimum absolute atomic E-state index is 0.250. The molecule has 0 aromatic carbocycles. The summed E-state index contributed by atoms with van der Waals surface area (Å²) in [6.45, 7) is 0. The van der Waals surface area contributed by atoms with E-state index in [9.17, 15) is 0 Å². The summed E-state index contributed by atoms with van der Waals surface area (Å²) in [5.74, 6) is 1.84. The van der Waals surface area contributed by atoms with Crippen molar-refractivity contribution >= 4 is 46.0 Å². The highest BCUT2D eigenvalue weighted by molar-refractivity contribution is 14.1. The molecule has 3 rings (SSSR count). The van der Waals surface area contributed by atoms with Crippen LogP contribution in [-0.4, -0.2) is 25.5 Å². The van der Waals surface area contributed by atoms with Gasteiger partial charge in [0.2, 0.25) is 5.28 Å². The molecule has 0 aliphatic carbocycles. The number of rotatable bonds is 1. The first-order valence-electron chi connectivity index (χ1n) is 4.65. The molecule has 0 radical (unpaired) electrons. The summed E-state index contributed by atoms with van der Waals surface area (Å²) in [6.07, 6.45) is 2.72. The Bertz CT molecular complexity index is 556. The van der Waals surface area contributed by atoms with Crippen LogP contribution in [0.1, 0.15) is 5.56 Å². The molecule has 0 atom stereocenters. The minimum Gasteiger partial charge on any atom is -0.226 e. The van der Waals surface area contributed by atoms with E-state index in [1.54, 1.807) is 6.20 Å². The van der Waals surface area contributed by atoms with Crippen molar-refractivity contribution < 1.29 is 0 Å². The molecule has 7 heteroatoms. The van der Waals surface area contributed by atoms with E-state index < -0.39 is 0 Å². The number of halogens is 2. The van der Waals surface area contributed by atoms with Crippen molar-refractivity contribution in [2.24, 2.45) is 0 Å². The van der Waals surface area contributed by atoms with Crippen LogP contribution in [-0.2, 0) is 6.42 Å². The van der Waals surface area contributed by atoms with Crippen LogP contribution in [0.5, 0.6) is 0 Å². The molecule has 0 bridgehead atoms. The molecule has 2 aromatic rings. The van der Waals surface area contributed by atoms with Gasteiger partial charge in [-0.1, -0.05) is 0 Å². The number of thioether (sulfide) groups is 1. The van der Waals surface area contributed by atoms with Crippen molar-refractivity contribution in [3.63, 3.8) is 0 Å². The van der Waals surface area contributed by atoms with E-state index in [1.807, 2.05) is 22.5 Å². The molecule has 1 aliphatic rings. The van der Waals surface area contributed by atoms with E-state index in [-0.39, 0.29) is 5.28 Å². The molecule has 16 heavy (non-hydrogen) atoms. The first-order chi connectivity index (χ1) is 7.75. The van der Waals surface area contributed by atoms with Crippen LogP contribution in [0.3, 0.4) is 0 Å². The van der Waals surface area contributed by atoms with Crippen LogP contribution in [0, 0.1) is 3.70 Å². The second-order valence-corrected chi connectivity index (χ2v) is 5.71. The lowest BCUT2D eigenvalue weighted by atomic mass is 10.3. The zero-order chi connectivity index (χ0) is 11.1. The van der Waals surface area contributed by atoms with E-state index in [4.69, 9.17) is 11.6 Å².